The zero-order valence-corrected chi connectivity index (χ0v) is 12.1. The molecule has 0 radical (unpaired) electrons. The number of piperazine rings is 1. The van der Waals surface area contributed by atoms with Crippen molar-refractivity contribution in [2.75, 3.05) is 51.3 Å². The summed E-state index contributed by atoms with van der Waals surface area (Å²) in [6.07, 6.45) is 0.897. The third-order valence-corrected chi connectivity index (χ3v) is 3.75. The van der Waals surface area contributed by atoms with Crippen LogP contribution in [0.2, 0.25) is 0 Å². The van der Waals surface area contributed by atoms with E-state index >= 15 is 0 Å². The van der Waals surface area contributed by atoms with Crippen LogP contribution in [0.5, 0.6) is 0 Å². The molecule has 2 N–H and O–H groups in total. The summed E-state index contributed by atoms with van der Waals surface area (Å²) in [6, 6.07) is 6.89. The Morgan fingerprint density at radius 3 is 2.45 bits per heavy atom. The first-order valence-electron chi connectivity index (χ1n) is 7.16. The van der Waals surface area contributed by atoms with Crippen LogP contribution < -0.4 is 10.6 Å². The Balaban J connectivity index is 1.76. The predicted octanol–water partition coefficient (Wildman–Crippen LogP) is 1.31. The van der Waals surface area contributed by atoms with E-state index in [-0.39, 0.29) is 11.9 Å². The van der Waals surface area contributed by atoms with E-state index < -0.39 is 0 Å². The summed E-state index contributed by atoms with van der Waals surface area (Å²) < 4.78 is 18.0. The maximum atomic E-state index is 12.9. The molecule has 1 saturated heterocycles. The van der Waals surface area contributed by atoms with Crippen molar-refractivity contribution in [1.82, 2.24) is 4.90 Å². The average Bonchev–Trinajstić information content (AvgIpc) is 2.47. The van der Waals surface area contributed by atoms with Gasteiger partial charge >= 0.3 is 0 Å². The zero-order chi connectivity index (χ0) is 14.4. The highest BCUT2D eigenvalue weighted by atomic mass is 19.1. The minimum absolute atomic E-state index is 0.173. The molecule has 112 valence electrons. The van der Waals surface area contributed by atoms with Crippen molar-refractivity contribution in [3.05, 3.63) is 30.1 Å². The number of benzene rings is 1. The lowest BCUT2D eigenvalue weighted by molar-refractivity contribution is 0.172. The quantitative estimate of drug-likeness (QED) is 0.854. The Hall–Kier alpha value is -1.17. The van der Waals surface area contributed by atoms with Crippen LogP contribution in [-0.2, 0) is 4.74 Å². The molecule has 1 aromatic rings. The van der Waals surface area contributed by atoms with Gasteiger partial charge < -0.3 is 15.4 Å². The molecule has 4 nitrogen and oxygen atoms in total. The van der Waals surface area contributed by atoms with E-state index in [4.69, 9.17) is 10.5 Å². The summed E-state index contributed by atoms with van der Waals surface area (Å²) >= 11 is 0. The van der Waals surface area contributed by atoms with Crippen molar-refractivity contribution in [1.29, 1.82) is 0 Å². The van der Waals surface area contributed by atoms with E-state index in [0.29, 0.717) is 0 Å². The number of rotatable bonds is 6. The molecular weight excluding hydrogens is 257 g/mol. The molecule has 0 amide bonds. The molecule has 1 aromatic carbocycles. The number of halogens is 1. The monoisotopic (exact) mass is 281 g/mol. The lowest BCUT2D eigenvalue weighted by atomic mass is 10.2. The largest absolute Gasteiger partial charge is 0.385 e. The highest BCUT2D eigenvalue weighted by Crippen LogP contribution is 2.16. The number of nitrogens with zero attached hydrogens (tertiary/aromatic N) is 2. The van der Waals surface area contributed by atoms with E-state index in [1.54, 1.807) is 7.11 Å². The van der Waals surface area contributed by atoms with Gasteiger partial charge in [0.05, 0.1) is 0 Å². The van der Waals surface area contributed by atoms with E-state index in [2.05, 4.69) is 9.80 Å². The van der Waals surface area contributed by atoms with Gasteiger partial charge in [-0.15, -0.1) is 0 Å². The number of ether oxygens (including phenoxy) is 1. The van der Waals surface area contributed by atoms with Gasteiger partial charge in [0.2, 0.25) is 0 Å². The smallest absolute Gasteiger partial charge is 0.123 e. The lowest BCUT2D eigenvalue weighted by Crippen LogP contribution is -2.50. The van der Waals surface area contributed by atoms with Crippen LogP contribution in [-0.4, -0.2) is 57.4 Å². The molecule has 0 spiro atoms. The highest BCUT2D eigenvalue weighted by Gasteiger charge is 2.18. The van der Waals surface area contributed by atoms with Crippen molar-refractivity contribution in [2.24, 2.45) is 5.73 Å². The molecular formula is C15H24FN3O. The molecule has 1 fully saturated rings. The molecule has 1 heterocycles. The van der Waals surface area contributed by atoms with Gasteiger partial charge in [-0.05, 0) is 30.7 Å². The standard InChI is InChI=1S/C15H24FN3O/c1-20-11-6-14(17)12-18-7-9-19(10-8-18)15-4-2-13(16)3-5-15/h2-5,14H,6-12,17H2,1H3. The third kappa shape index (κ3) is 4.44. The van der Waals surface area contributed by atoms with E-state index in [1.165, 1.54) is 12.1 Å². The third-order valence-electron chi connectivity index (χ3n) is 3.75. The SMILES string of the molecule is COCCC(N)CN1CCN(c2ccc(F)cc2)CC1. The van der Waals surface area contributed by atoms with Crippen molar-refractivity contribution >= 4 is 5.69 Å². The second-order valence-electron chi connectivity index (χ2n) is 5.31. The summed E-state index contributed by atoms with van der Waals surface area (Å²) in [7, 11) is 1.70. The first-order chi connectivity index (χ1) is 9.69. The number of hydrogen-bond donors (Lipinski definition) is 1. The molecule has 0 aromatic heterocycles. The van der Waals surface area contributed by atoms with Crippen LogP contribution in [0, 0.1) is 5.82 Å². The molecule has 0 bridgehead atoms. The molecule has 20 heavy (non-hydrogen) atoms. The van der Waals surface area contributed by atoms with Gasteiger partial charge in [-0.3, -0.25) is 4.90 Å². The van der Waals surface area contributed by atoms with Crippen LogP contribution in [0.3, 0.4) is 0 Å². The summed E-state index contributed by atoms with van der Waals surface area (Å²) in [5, 5.41) is 0. The van der Waals surface area contributed by atoms with Gasteiger partial charge in [-0.2, -0.15) is 0 Å². The van der Waals surface area contributed by atoms with Crippen LogP contribution in [0.25, 0.3) is 0 Å². The summed E-state index contributed by atoms with van der Waals surface area (Å²) in [4.78, 5) is 4.68. The van der Waals surface area contributed by atoms with Crippen molar-refractivity contribution in [3.63, 3.8) is 0 Å². The Morgan fingerprint density at radius 2 is 1.85 bits per heavy atom. The second kappa shape index (κ2) is 7.57. The maximum Gasteiger partial charge on any atom is 0.123 e. The minimum Gasteiger partial charge on any atom is -0.385 e. The number of methoxy groups -OCH3 is 1. The fraction of sp³-hybridized carbons (Fsp3) is 0.600. The van der Waals surface area contributed by atoms with Gasteiger partial charge in [0.25, 0.3) is 0 Å². The van der Waals surface area contributed by atoms with E-state index in [1.807, 2.05) is 12.1 Å². The van der Waals surface area contributed by atoms with Crippen LogP contribution in [0.4, 0.5) is 10.1 Å². The average molecular weight is 281 g/mol. The van der Waals surface area contributed by atoms with Gasteiger partial charge in [0.15, 0.2) is 0 Å². The predicted molar refractivity (Wildman–Crippen MR) is 79.5 cm³/mol. The Kier molecular flexibility index (Phi) is 5.76. The molecule has 1 atom stereocenters. The van der Waals surface area contributed by atoms with Gasteiger partial charge in [0, 0.05) is 58.2 Å². The number of nitrogens with two attached hydrogens (primary N) is 1. The first kappa shape index (κ1) is 15.2. The minimum atomic E-state index is -0.184. The highest BCUT2D eigenvalue weighted by molar-refractivity contribution is 5.46. The molecule has 1 unspecified atom stereocenters. The van der Waals surface area contributed by atoms with Gasteiger partial charge in [-0.25, -0.2) is 4.39 Å². The zero-order valence-electron chi connectivity index (χ0n) is 12.1. The van der Waals surface area contributed by atoms with Crippen molar-refractivity contribution in [3.8, 4) is 0 Å². The fourth-order valence-corrected chi connectivity index (χ4v) is 2.53. The molecule has 2 rings (SSSR count). The van der Waals surface area contributed by atoms with Crippen molar-refractivity contribution < 1.29 is 9.13 Å². The summed E-state index contributed by atoms with van der Waals surface area (Å²) in [5.41, 5.74) is 7.17. The Labute approximate surface area is 120 Å². The first-order valence-corrected chi connectivity index (χ1v) is 7.16. The van der Waals surface area contributed by atoms with Crippen LogP contribution in [0.1, 0.15) is 6.42 Å². The van der Waals surface area contributed by atoms with Crippen LogP contribution >= 0.6 is 0 Å². The Morgan fingerprint density at radius 1 is 1.20 bits per heavy atom. The van der Waals surface area contributed by atoms with Crippen molar-refractivity contribution in [2.45, 2.75) is 12.5 Å². The fourth-order valence-electron chi connectivity index (χ4n) is 2.53. The number of hydrogen-bond acceptors (Lipinski definition) is 4. The molecule has 0 saturated carbocycles. The lowest BCUT2D eigenvalue weighted by Gasteiger charge is -2.37. The van der Waals surface area contributed by atoms with Gasteiger partial charge in [0.1, 0.15) is 5.82 Å². The molecule has 1 aliphatic heterocycles. The van der Waals surface area contributed by atoms with Gasteiger partial charge in [-0.1, -0.05) is 0 Å². The maximum absolute atomic E-state index is 12.9. The topological polar surface area (TPSA) is 41.7 Å². The second-order valence-corrected chi connectivity index (χ2v) is 5.31. The Bertz CT molecular complexity index is 391. The summed E-state index contributed by atoms with van der Waals surface area (Å²) in [6.45, 7) is 5.55. The summed E-state index contributed by atoms with van der Waals surface area (Å²) in [5.74, 6) is -0.184. The van der Waals surface area contributed by atoms with Crippen LogP contribution in [0.15, 0.2) is 24.3 Å². The van der Waals surface area contributed by atoms with E-state index in [0.717, 1.165) is 51.4 Å². The molecule has 1 aliphatic rings. The van der Waals surface area contributed by atoms with E-state index in [9.17, 15) is 4.39 Å². The molecule has 5 heteroatoms. The normalized spacial score (nSPS) is 18.2. The molecule has 0 aliphatic carbocycles. The number of anilines is 1.